The molecule has 0 saturated heterocycles. The van der Waals surface area contributed by atoms with Crippen LogP contribution in [0.5, 0.6) is 0 Å². The number of thiazole rings is 1. The molecule has 0 radical (unpaired) electrons. The maximum Gasteiger partial charge on any atom is 0.358 e. The van der Waals surface area contributed by atoms with Crippen molar-refractivity contribution < 1.29 is 17.9 Å². The van der Waals surface area contributed by atoms with Crippen LogP contribution in [0.2, 0.25) is 0 Å². The quantitative estimate of drug-likeness (QED) is 0.567. The molecule has 1 rings (SSSR count). The van der Waals surface area contributed by atoms with Crippen molar-refractivity contribution in [2.24, 2.45) is 5.14 Å². The number of ether oxygens (including phenoxy) is 1. The number of sulfonamides is 1. The van der Waals surface area contributed by atoms with Gasteiger partial charge in [-0.15, -0.1) is 11.3 Å². The summed E-state index contributed by atoms with van der Waals surface area (Å²) in [5, 5.41) is 8.41. The Labute approximate surface area is 116 Å². The van der Waals surface area contributed by atoms with Gasteiger partial charge in [0.2, 0.25) is 10.0 Å². The molecule has 19 heavy (non-hydrogen) atoms. The third-order valence-electron chi connectivity index (χ3n) is 2.15. The number of carbonyl (C=O) groups is 1. The molecule has 0 amide bonds. The summed E-state index contributed by atoms with van der Waals surface area (Å²) in [5.41, 5.74) is 0.292. The lowest BCUT2D eigenvalue weighted by Crippen LogP contribution is -2.18. The minimum atomic E-state index is -3.43. The van der Waals surface area contributed by atoms with Crippen LogP contribution in [0.1, 0.15) is 28.7 Å². The van der Waals surface area contributed by atoms with Gasteiger partial charge in [-0.2, -0.15) is 0 Å². The SMILES string of the molecule is CCOC(=O)c1nc(NCCCS(N)(=O)=O)sc1C. The Morgan fingerprint density at radius 1 is 1.53 bits per heavy atom. The minimum absolute atomic E-state index is 0.0882. The Morgan fingerprint density at radius 3 is 2.79 bits per heavy atom. The fraction of sp³-hybridized carbons (Fsp3) is 0.600. The third-order valence-corrected chi connectivity index (χ3v) is 3.93. The van der Waals surface area contributed by atoms with Gasteiger partial charge in [0, 0.05) is 11.4 Å². The van der Waals surface area contributed by atoms with Crippen LogP contribution in [0.3, 0.4) is 0 Å². The van der Waals surface area contributed by atoms with E-state index in [9.17, 15) is 13.2 Å². The highest BCUT2D eigenvalue weighted by Crippen LogP contribution is 2.22. The van der Waals surface area contributed by atoms with Crippen LogP contribution in [0.15, 0.2) is 0 Å². The first-order valence-electron chi connectivity index (χ1n) is 5.72. The van der Waals surface area contributed by atoms with Gasteiger partial charge in [0.05, 0.1) is 12.4 Å². The summed E-state index contributed by atoms with van der Waals surface area (Å²) in [6.07, 6.45) is 0.381. The Bertz CT molecular complexity index is 539. The molecule has 0 fully saturated rings. The molecule has 0 bridgehead atoms. The van der Waals surface area contributed by atoms with E-state index >= 15 is 0 Å². The van der Waals surface area contributed by atoms with Crippen LogP contribution < -0.4 is 10.5 Å². The predicted octanol–water partition coefficient (Wildman–Crippen LogP) is 0.719. The number of hydrogen-bond donors (Lipinski definition) is 2. The highest BCUT2D eigenvalue weighted by atomic mass is 32.2. The standard InChI is InChI=1S/C10H17N3O4S2/c1-3-17-9(14)8-7(2)18-10(13-8)12-5-4-6-19(11,15)16/h3-6H2,1-2H3,(H,12,13)(H2,11,15,16). The monoisotopic (exact) mass is 307 g/mol. The van der Waals surface area contributed by atoms with E-state index < -0.39 is 16.0 Å². The molecular weight excluding hydrogens is 290 g/mol. The number of nitrogens with zero attached hydrogens (tertiary/aromatic N) is 1. The molecule has 0 spiro atoms. The van der Waals surface area contributed by atoms with Crippen LogP contribution in [0, 0.1) is 6.92 Å². The molecule has 9 heteroatoms. The molecule has 0 aromatic carbocycles. The number of aromatic nitrogens is 1. The van der Waals surface area contributed by atoms with Crippen LogP contribution in [-0.2, 0) is 14.8 Å². The second kappa shape index (κ2) is 6.83. The predicted molar refractivity (Wildman–Crippen MR) is 73.9 cm³/mol. The van der Waals surface area contributed by atoms with Gasteiger partial charge in [-0.05, 0) is 20.3 Å². The molecule has 1 aromatic rings. The van der Waals surface area contributed by atoms with E-state index in [1.54, 1.807) is 13.8 Å². The van der Waals surface area contributed by atoms with E-state index in [1.807, 2.05) is 0 Å². The number of anilines is 1. The number of aryl methyl sites for hydroxylation is 1. The molecule has 0 aliphatic carbocycles. The van der Waals surface area contributed by atoms with E-state index in [4.69, 9.17) is 9.88 Å². The summed E-state index contributed by atoms with van der Waals surface area (Å²) in [6, 6.07) is 0. The van der Waals surface area contributed by atoms with E-state index in [0.717, 1.165) is 4.88 Å². The lowest BCUT2D eigenvalue weighted by molar-refractivity contribution is 0.0519. The van der Waals surface area contributed by atoms with Crippen molar-refractivity contribution in [2.75, 3.05) is 24.2 Å². The van der Waals surface area contributed by atoms with E-state index in [1.165, 1.54) is 11.3 Å². The van der Waals surface area contributed by atoms with Crippen LogP contribution in [0.25, 0.3) is 0 Å². The number of nitrogens with two attached hydrogens (primary N) is 1. The zero-order valence-electron chi connectivity index (χ0n) is 10.8. The van der Waals surface area contributed by atoms with Gasteiger partial charge in [-0.25, -0.2) is 23.3 Å². The summed E-state index contributed by atoms with van der Waals surface area (Å²) in [5.74, 6) is -0.538. The van der Waals surface area contributed by atoms with Gasteiger partial charge in [-0.1, -0.05) is 0 Å². The van der Waals surface area contributed by atoms with E-state index in [0.29, 0.717) is 30.4 Å². The molecule has 3 N–H and O–H groups in total. The summed E-state index contributed by atoms with van der Waals surface area (Å²) >= 11 is 1.32. The number of nitrogens with one attached hydrogen (secondary N) is 1. The highest BCUT2D eigenvalue weighted by molar-refractivity contribution is 7.89. The van der Waals surface area contributed by atoms with Crippen molar-refractivity contribution in [3.8, 4) is 0 Å². The zero-order valence-corrected chi connectivity index (χ0v) is 12.4. The Hall–Kier alpha value is -1.19. The Balaban J connectivity index is 2.52. The second-order valence-electron chi connectivity index (χ2n) is 3.79. The Morgan fingerprint density at radius 2 is 2.21 bits per heavy atom. The molecule has 0 aliphatic heterocycles. The second-order valence-corrected chi connectivity index (χ2v) is 6.73. The molecule has 0 aliphatic rings. The largest absolute Gasteiger partial charge is 0.461 e. The van der Waals surface area contributed by atoms with Crippen molar-refractivity contribution in [1.82, 2.24) is 4.98 Å². The molecule has 108 valence electrons. The maximum absolute atomic E-state index is 11.5. The lowest BCUT2D eigenvalue weighted by atomic mass is 10.4. The molecule has 1 aromatic heterocycles. The van der Waals surface area contributed by atoms with Gasteiger partial charge in [-0.3, -0.25) is 0 Å². The first-order chi connectivity index (χ1) is 8.83. The molecule has 0 unspecified atom stereocenters. The summed E-state index contributed by atoms with van der Waals surface area (Å²) in [4.78, 5) is 16.4. The number of hydrogen-bond acceptors (Lipinski definition) is 7. The van der Waals surface area contributed by atoms with Gasteiger partial charge in [0.15, 0.2) is 10.8 Å². The zero-order chi connectivity index (χ0) is 14.5. The van der Waals surface area contributed by atoms with Crippen molar-refractivity contribution >= 4 is 32.5 Å². The van der Waals surface area contributed by atoms with Crippen molar-refractivity contribution in [2.45, 2.75) is 20.3 Å². The average Bonchev–Trinajstić information content (AvgIpc) is 2.65. The van der Waals surface area contributed by atoms with Crippen molar-refractivity contribution in [3.05, 3.63) is 10.6 Å². The number of esters is 1. The van der Waals surface area contributed by atoms with Crippen LogP contribution >= 0.6 is 11.3 Å². The van der Waals surface area contributed by atoms with E-state index in [-0.39, 0.29) is 5.75 Å². The normalized spacial score (nSPS) is 11.3. The fourth-order valence-corrected chi connectivity index (χ4v) is 2.70. The molecule has 0 atom stereocenters. The Kier molecular flexibility index (Phi) is 5.70. The lowest BCUT2D eigenvalue weighted by Gasteiger charge is -2.01. The smallest absolute Gasteiger partial charge is 0.358 e. The molecule has 7 nitrogen and oxygen atoms in total. The van der Waals surface area contributed by atoms with Gasteiger partial charge >= 0.3 is 5.97 Å². The number of primary sulfonamides is 1. The first kappa shape index (κ1) is 15.9. The van der Waals surface area contributed by atoms with E-state index in [2.05, 4.69) is 10.3 Å². The van der Waals surface area contributed by atoms with Crippen molar-refractivity contribution in [3.63, 3.8) is 0 Å². The van der Waals surface area contributed by atoms with Crippen molar-refractivity contribution in [1.29, 1.82) is 0 Å². The van der Waals surface area contributed by atoms with Gasteiger partial charge < -0.3 is 10.1 Å². The third kappa shape index (κ3) is 5.53. The topological polar surface area (TPSA) is 111 Å². The highest BCUT2D eigenvalue weighted by Gasteiger charge is 2.16. The fourth-order valence-electron chi connectivity index (χ4n) is 1.33. The number of rotatable bonds is 7. The average molecular weight is 307 g/mol. The molecular formula is C10H17N3O4S2. The molecule has 0 saturated carbocycles. The minimum Gasteiger partial charge on any atom is -0.461 e. The number of carbonyl (C=O) groups excluding carboxylic acids is 1. The first-order valence-corrected chi connectivity index (χ1v) is 8.25. The summed E-state index contributed by atoms with van der Waals surface area (Å²) in [6.45, 7) is 4.23. The summed E-state index contributed by atoms with van der Waals surface area (Å²) in [7, 11) is -3.43. The van der Waals surface area contributed by atoms with Crippen LogP contribution in [0.4, 0.5) is 5.13 Å². The van der Waals surface area contributed by atoms with Gasteiger partial charge in [0.1, 0.15) is 0 Å². The maximum atomic E-state index is 11.5. The van der Waals surface area contributed by atoms with Crippen LogP contribution in [-0.4, -0.2) is 38.3 Å². The summed E-state index contributed by atoms with van der Waals surface area (Å²) < 4.78 is 26.3. The van der Waals surface area contributed by atoms with Gasteiger partial charge in [0.25, 0.3) is 0 Å². The molecule has 1 heterocycles.